The first-order valence-corrected chi connectivity index (χ1v) is 10.0. The Morgan fingerprint density at radius 1 is 0.944 bits per heavy atom. The van der Waals surface area contributed by atoms with Gasteiger partial charge in [0.25, 0.3) is 8.32 Å². The molecule has 0 aromatic heterocycles. The van der Waals surface area contributed by atoms with Gasteiger partial charge in [-0.15, -0.1) is 11.6 Å². The van der Waals surface area contributed by atoms with Gasteiger partial charge >= 0.3 is 5.97 Å². The predicted molar refractivity (Wildman–Crippen MR) is 81.5 cm³/mol. The van der Waals surface area contributed by atoms with E-state index in [2.05, 4.69) is 41.5 Å². The quantitative estimate of drug-likeness (QED) is 0.479. The number of alkyl halides is 1. The SMILES string of the molecule is CC(C)C[Si](CC(C)C)(CC(C)C)OC(=O)CCl. The molecule has 0 atom stereocenters. The molecule has 0 saturated heterocycles. The maximum absolute atomic E-state index is 11.7. The molecule has 0 aromatic carbocycles. The number of halogens is 1. The van der Waals surface area contributed by atoms with Crippen LogP contribution in [0.3, 0.4) is 0 Å². The monoisotopic (exact) mass is 292 g/mol. The Hall–Kier alpha value is -0.0231. The summed E-state index contributed by atoms with van der Waals surface area (Å²) in [6.45, 7) is 13.2. The first-order chi connectivity index (χ1) is 8.20. The van der Waals surface area contributed by atoms with Crippen LogP contribution in [-0.4, -0.2) is 20.2 Å². The molecular weight excluding hydrogens is 264 g/mol. The summed E-state index contributed by atoms with van der Waals surface area (Å²) in [7, 11) is -2.00. The molecule has 0 amide bonds. The fourth-order valence-electron chi connectivity index (χ4n) is 2.88. The minimum Gasteiger partial charge on any atom is -0.518 e. The Bertz CT molecular complexity index is 226. The lowest BCUT2D eigenvalue weighted by Crippen LogP contribution is -2.44. The van der Waals surface area contributed by atoms with Crippen LogP contribution in [0.5, 0.6) is 0 Å². The third-order valence-corrected chi connectivity index (χ3v) is 8.34. The van der Waals surface area contributed by atoms with Gasteiger partial charge in [0.2, 0.25) is 0 Å². The molecule has 0 spiro atoms. The van der Waals surface area contributed by atoms with E-state index in [4.69, 9.17) is 16.0 Å². The fourth-order valence-corrected chi connectivity index (χ4v) is 8.79. The van der Waals surface area contributed by atoms with Crippen molar-refractivity contribution < 1.29 is 9.22 Å². The normalized spacial score (nSPS) is 12.6. The fraction of sp³-hybridized carbons (Fsp3) is 0.929. The molecular formula is C14H29ClO2Si. The Morgan fingerprint density at radius 2 is 1.28 bits per heavy atom. The van der Waals surface area contributed by atoms with Crippen molar-refractivity contribution in [2.75, 3.05) is 5.88 Å². The molecule has 0 rings (SSSR count). The topological polar surface area (TPSA) is 26.3 Å². The van der Waals surface area contributed by atoms with E-state index in [-0.39, 0.29) is 11.8 Å². The molecule has 4 heteroatoms. The zero-order valence-electron chi connectivity index (χ0n) is 12.8. The first-order valence-electron chi connectivity index (χ1n) is 6.98. The minimum atomic E-state index is -2.00. The van der Waals surface area contributed by atoms with Gasteiger partial charge in [0.1, 0.15) is 5.88 Å². The summed E-state index contributed by atoms with van der Waals surface area (Å²) < 4.78 is 5.89. The molecule has 0 radical (unpaired) electrons. The van der Waals surface area contributed by atoms with Crippen molar-refractivity contribution in [1.82, 2.24) is 0 Å². The van der Waals surface area contributed by atoms with Gasteiger partial charge in [0.05, 0.1) is 0 Å². The lowest BCUT2D eigenvalue weighted by Gasteiger charge is -2.35. The van der Waals surface area contributed by atoms with Crippen LogP contribution in [0.25, 0.3) is 0 Å². The standard InChI is InChI=1S/C14H29ClO2Si/c1-11(2)8-18(9-12(3)4,10-13(5)6)17-14(16)7-15/h11-13H,7-10H2,1-6H3. The molecule has 0 aliphatic carbocycles. The average molecular weight is 293 g/mol. The van der Waals surface area contributed by atoms with Crippen molar-refractivity contribution in [1.29, 1.82) is 0 Å². The summed E-state index contributed by atoms with van der Waals surface area (Å²) in [4.78, 5) is 11.7. The number of hydrogen-bond acceptors (Lipinski definition) is 2. The van der Waals surface area contributed by atoms with Gasteiger partial charge in [0, 0.05) is 0 Å². The number of hydrogen-bond donors (Lipinski definition) is 0. The van der Waals surface area contributed by atoms with Crippen molar-refractivity contribution in [2.24, 2.45) is 17.8 Å². The molecule has 0 aromatic rings. The highest BCUT2D eigenvalue weighted by Crippen LogP contribution is 2.33. The van der Waals surface area contributed by atoms with Crippen LogP contribution in [-0.2, 0) is 9.22 Å². The van der Waals surface area contributed by atoms with E-state index < -0.39 is 8.32 Å². The minimum absolute atomic E-state index is 0.0248. The van der Waals surface area contributed by atoms with Crippen molar-refractivity contribution >= 4 is 25.9 Å². The van der Waals surface area contributed by atoms with E-state index in [0.29, 0.717) is 17.8 Å². The van der Waals surface area contributed by atoms with Crippen molar-refractivity contribution in [3.05, 3.63) is 0 Å². The van der Waals surface area contributed by atoms with E-state index in [0.717, 1.165) is 18.1 Å². The Morgan fingerprint density at radius 3 is 1.50 bits per heavy atom. The summed E-state index contributed by atoms with van der Waals surface area (Å²) >= 11 is 5.62. The zero-order valence-corrected chi connectivity index (χ0v) is 14.5. The molecule has 0 fully saturated rings. The van der Waals surface area contributed by atoms with Crippen LogP contribution < -0.4 is 0 Å². The average Bonchev–Trinajstić information content (AvgIpc) is 2.12. The van der Waals surface area contributed by atoms with E-state index in [1.54, 1.807) is 0 Å². The first kappa shape index (κ1) is 18.0. The van der Waals surface area contributed by atoms with E-state index >= 15 is 0 Å². The van der Waals surface area contributed by atoms with Crippen molar-refractivity contribution in [3.63, 3.8) is 0 Å². The summed E-state index contributed by atoms with van der Waals surface area (Å²) in [5, 5.41) is 0. The Balaban J connectivity index is 5.03. The maximum Gasteiger partial charge on any atom is 0.307 e. The van der Waals surface area contributed by atoms with Crippen molar-refractivity contribution in [2.45, 2.75) is 59.7 Å². The summed E-state index contributed by atoms with van der Waals surface area (Å²) in [5.41, 5.74) is 0. The lowest BCUT2D eigenvalue weighted by molar-refractivity contribution is -0.132. The second-order valence-corrected chi connectivity index (χ2v) is 10.6. The maximum atomic E-state index is 11.7. The van der Waals surface area contributed by atoms with Gasteiger partial charge in [-0.25, -0.2) is 0 Å². The zero-order chi connectivity index (χ0) is 14.3. The van der Waals surface area contributed by atoms with Gasteiger partial charge in [-0.2, -0.15) is 0 Å². The molecule has 0 saturated carbocycles. The van der Waals surface area contributed by atoms with Gasteiger partial charge in [-0.1, -0.05) is 41.5 Å². The Kier molecular flexibility index (Phi) is 8.20. The highest BCUT2D eigenvalue weighted by atomic mass is 35.5. The van der Waals surface area contributed by atoms with E-state index in [9.17, 15) is 4.79 Å². The number of carbonyl (C=O) groups excluding carboxylic acids is 1. The second-order valence-electron chi connectivity index (χ2n) is 6.58. The largest absolute Gasteiger partial charge is 0.518 e. The molecule has 0 aliphatic heterocycles. The summed E-state index contributed by atoms with van der Waals surface area (Å²) in [6.07, 6.45) is 0. The van der Waals surface area contributed by atoms with Gasteiger partial charge in [-0.05, 0) is 35.9 Å². The van der Waals surface area contributed by atoms with Gasteiger partial charge in [-0.3, -0.25) is 4.79 Å². The molecule has 0 N–H and O–H groups in total. The summed E-state index contributed by atoms with van der Waals surface area (Å²) in [6, 6.07) is 3.14. The smallest absolute Gasteiger partial charge is 0.307 e. The van der Waals surface area contributed by atoms with Crippen molar-refractivity contribution in [3.8, 4) is 0 Å². The molecule has 0 bridgehead atoms. The highest BCUT2D eigenvalue weighted by molar-refractivity contribution is 6.75. The number of rotatable bonds is 8. The van der Waals surface area contributed by atoms with Gasteiger partial charge < -0.3 is 4.43 Å². The molecule has 0 unspecified atom stereocenters. The summed E-state index contributed by atoms with van der Waals surface area (Å²) in [5.74, 6) is 1.44. The molecule has 18 heavy (non-hydrogen) atoms. The third kappa shape index (κ3) is 7.42. The number of carbonyl (C=O) groups is 1. The predicted octanol–water partition coefficient (Wildman–Crippen LogP) is 4.68. The second kappa shape index (κ2) is 8.21. The molecule has 108 valence electrons. The van der Waals surface area contributed by atoms with Crippen LogP contribution in [0.2, 0.25) is 18.1 Å². The lowest BCUT2D eigenvalue weighted by atomic mass is 10.2. The van der Waals surface area contributed by atoms with Crippen LogP contribution in [0.4, 0.5) is 0 Å². The molecule has 0 aliphatic rings. The Labute approximate surface area is 119 Å². The van der Waals surface area contributed by atoms with Crippen LogP contribution in [0, 0.1) is 17.8 Å². The van der Waals surface area contributed by atoms with Crippen LogP contribution in [0.15, 0.2) is 0 Å². The molecule has 2 nitrogen and oxygen atoms in total. The highest BCUT2D eigenvalue weighted by Gasteiger charge is 2.40. The van der Waals surface area contributed by atoms with Gasteiger partial charge in [0.15, 0.2) is 0 Å². The molecule has 0 heterocycles. The van der Waals surface area contributed by atoms with E-state index in [1.165, 1.54) is 0 Å². The van der Waals surface area contributed by atoms with Crippen LogP contribution >= 0.6 is 11.6 Å². The van der Waals surface area contributed by atoms with E-state index in [1.807, 2.05) is 0 Å². The van der Waals surface area contributed by atoms with Crippen LogP contribution in [0.1, 0.15) is 41.5 Å². The third-order valence-electron chi connectivity index (χ3n) is 2.78.